The van der Waals surface area contributed by atoms with Crippen molar-refractivity contribution in [3.8, 4) is 22.5 Å². The van der Waals surface area contributed by atoms with Gasteiger partial charge < -0.3 is 13.6 Å². The van der Waals surface area contributed by atoms with E-state index in [1.54, 1.807) is 0 Å². The van der Waals surface area contributed by atoms with Gasteiger partial charge in [-0.1, -0.05) is 104 Å². The van der Waals surface area contributed by atoms with Gasteiger partial charge in [-0.05, 0) is 113 Å². The summed E-state index contributed by atoms with van der Waals surface area (Å²) in [6, 6.07) is 58.3. The summed E-state index contributed by atoms with van der Waals surface area (Å²) in [6.07, 6.45) is 0. The van der Waals surface area contributed by atoms with Crippen LogP contribution in [0.1, 0.15) is 25.0 Å². The molecule has 11 aromatic rings. The van der Waals surface area contributed by atoms with E-state index in [0.29, 0.717) is 0 Å². The second kappa shape index (κ2) is 11.0. The van der Waals surface area contributed by atoms with E-state index in [-0.39, 0.29) is 5.41 Å². The number of furan rings is 1. The zero-order valence-electron chi connectivity index (χ0n) is 30.6. The maximum absolute atomic E-state index is 6.21. The van der Waals surface area contributed by atoms with Crippen molar-refractivity contribution in [2.24, 2.45) is 0 Å². The molecule has 13 rings (SSSR count). The molecule has 3 nitrogen and oxygen atoms in total. The third-order valence-corrected chi connectivity index (χ3v) is 14.9. The van der Waals surface area contributed by atoms with Gasteiger partial charge in [0.05, 0.1) is 22.1 Å². The Kier molecular flexibility index (Phi) is 6.11. The van der Waals surface area contributed by atoms with E-state index >= 15 is 0 Å². The lowest BCUT2D eigenvalue weighted by Crippen LogP contribution is -2.15. The van der Waals surface area contributed by atoms with Crippen molar-refractivity contribution in [3.05, 3.63) is 169 Å². The molecule has 0 radical (unpaired) electrons. The molecule has 0 unspecified atom stereocenters. The topological polar surface area (TPSA) is 23.0 Å². The molecule has 56 heavy (non-hydrogen) atoms. The number of para-hydroxylation sites is 3. The van der Waals surface area contributed by atoms with Crippen LogP contribution in [-0.2, 0) is 5.41 Å². The van der Waals surface area contributed by atoms with E-state index in [0.717, 1.165) is 33.3 Å². The molecule has 2 aliphatic rings. The SMILES string of the molecule is CC1(C)c2cc3c(cc2-c2cc4c5ccccc5n(-c5ccc6c(c5)c5ccccc5n6-c5ccc6oc7ccccc7c6c5)c4cc21)Sc1ccccc1S3. The van der Waals surface area contributed by atoms with E-state index in [2.05, 4.69) is 169 Å². The van der Waals surface area contributed by atoms with Crippen LogP contribution in [0.4, 0.5) is 0 Å². The zero-order valence-corrected chi connectivity index (χ0v) is 32.3. The Morgan fingerprint density at radius 1 is 0.393 bits per heavy atom. The Morgan fingerprint density at radius 3 is 1.66 bits per heavy atom. The largest absolute Gasteiger partial charge is 0.456 e. The van der Waals surface area contributed by atoms with Gasteiger partial charge in [0.15, 0.2) is 0 Å². The maximum Gasteiger partial charge on any atom is 0.135 e. The van der Waals surface area contributed by atoms with Gasteiger partial charge in [-0.15, -0.1) is 0 Å². The number of aromatic nitrogens is 2. The third kappa shape index (κ3) is 4.11. The number of hydrogen-bond acceptors (Lipinski definition) is 3. The van der Waals surface area contributed by atoms with E-state index in [1.807, 2.05) is 35.7 Å². The summed E-state index contributed by atoms with van der Waals surface area (Å²) < 4.78 is 11.1. The molecule has 264 valence electrons. The number of hydrogen-bond donors (Lipinski definition) is 0. The first-order valence-electron chi connectivity index (χ1n) is 19.2. The van der Waals surface area contributed by atoms with Gasteiger partial charge in [0.25, 0.3) is 0 Å². The lowest BCUT2D eigenvalue weighted by Gasteiger charge is -2.24. The van der Waals surface area contributed by atoms with E-state index in [9.17, 15) is 0 Å². The summed E-state index contributed by atoms with van der Waals surface area (Å²) >= 11 is 3.81. The molecule has 0 saturated heterocycles. The Morgan fingerprint density at radius 2 is 0.911 bits per heavy atom. The molecule has 3 aromatic heterocycles. The Balaban J connectivity index is 1.02. The minimum Gasteiger partial charge on any atom is -0.456 e. The van der Waals surface area contributed by atoms with Crippen molar-refractivity contribution < 1.29 is 4.42 Å². The van der Waals surface area contributed by atoms with Crippen LogP contribution in [0, 0.1) is 0 Å². The average Bonchev–Trinajstić information content (AvgIpc) is 3.93. The van der Waals surface area contributed by atoms with Crippen LogP contribution in [-0.4, -0.2) is 9.13 Å². The minimum absolute atomic E-state index is 0.143. The lowest BCUT2D eigenvalue weighted by atomic mass is 9.82. The van der Waals surface area contributed by atoms with Crippen LogP contribution in [0.5, 0.6) is 0 Å². The van der Waals surface area contributed by atoms with Gasteiger partial charge in [-0.2, -0.15) is 0 Å². The molecule has 0 saturated carbocycles. The molecule has 8 aromatic carbocycles. The summed E-state index contributed by atoms with van der Waals surface area (Å²) in [5.74, 6) is 0. The molecule has 0 N–H and O–H groups in total. The van der Waals surface area contributed by atoms with Gasteiger partial charge in [0.2, 0.25) is 0 Å². The monoisotopic (exact) mass is 752 g/mol. The molecule has 0 fully saturated rings. The molecule has 0 bridgehead atoms. The summed E-state index contributed by atoms with van der Waals surface area (Å²) in [4.78, 5) is 5.40. The van der Waals surface area contributed by atoms with Crippen LogP contribution in [0.3, 0.4) is 0 Å². The highest BCUT2D eigenvalue weighted by Crippen LogP contribution is 2.56. The van der Waals surface area contributed by atoms with E-state index in [4.69, 9.17) is 4.42 Å². The first-order chi connectivity index (χ1) is 27.5. The Bertz CT molecular complexity index is 3530. The molecule has 4 heterocycles. The van der Waals surface area contributed by atoms with Gasteiger partial charge in [-0.25, -0.2) is 0 Å². The highest BCUT2D eigenvalue weighted by Gasteiger charge is 2.38. The van der Waals surface area contributed by atoms with Crippen LogP contribution >= 0.6 is 23.5 Å². The molecule has 1 aliphatic heterocycles. The summed E-state index contributed by atoms with van der Waals surface area (Å²) in [7, 11) is 0. The van der Waals surface area contributed by atoms with Crippen molar-refractivity contribution in [3.63, 3.8) is 0 Å². The summed E-state index contributed by atoms with van der Waals surface area (Å²) in [5, 5.41) is 7.30. The van der Waals surface area contributed by atoms with Gasteiger partial charge in [-0.3, -0.25) is 0 Å². The summed E-state index contributed by atoms with van der Waals surface area (Å²) in [5.41, 5.74) is 14.3. The fourth-order valence-electron chi connectivity index (χ4n) is 9.72. The van der Waals surface area contributed by atoms with E-state index < -0.39 is 0 Å². The predicted molar refractivity (Wildman–Crippen MR) is 235 cm³/mol. The highest BCUT2D eigenvalue weighted by atomic mass is 32.2. The molecule has 0 spiro atoms. The van der Waals surface area contributed by atoms with Crippen LogP contribution < -0.4 is 0 Å². The quantitative estimate of drug-likeness (QED) is 0.176. The van der Waals surface area contributed by atoms with E-state index in [1.165, 1.54) is 85.4 Å². The average molecular weight is 753 g/mol. The van der Waals surface area contributed by atoms with Crippen LogP contribution in [0.15, 0.2) is 182 Å². The number of nitrogens with zero attached hydrogens (tertiary/aromatic N) is 2. The van der Waals surface area contributed by atoms with Gasteiger partial charge >= 0.3 is 0 Å². The molecule has 1 aliphatic carbocycles. The van der Waals surface area contributed by atoms with Crippen molar-refractivity contribution in [2.45, 2.75) is 38.8 Å². The van der Waals surface area contributed by atoms with Crippen molar-refractivity contribution in [1.29, 1.82) is 0 Å². The minimum atomic E-state index is -0.143. The first-order valence-corrected chi connectivity index (χ1v) is 20.8. The van der Waals surface area contributed by atoms with Crippen molar-refractivity contribution in [2.75, 3.05) is 0 Å². The fourth-order valence-corrected chi connectivity index (χ4v) is 12.0. The van der Waals surface area contributed by atoms with Crippen molar-refractivity contribution >= 4 is 89.1 Å². The van der Waals surface area contributed by atoms with Gasteiger partial charge in [0.1, 0.15) is 11.2 Å². The second-order valence-electron chi connectivity index (χ2n) is 15.7. The zero-order chi connectivity index (χ0) is 36.9. The molecule has 5 heteroatoms. The second-order valence-corrected chi connectivity index (χ2v) is 17.9. The predicted octanol–water partition coefficient (Wildman–Crippen LogP) is 14.7. The fraction of sp³-hybridized carbons (Fsp3) is 0.0588. The number of rotatable bonds is 2. The van der Waals surface area contributed by atoms with Crippen molar-refractivity contribution in [1.82, 2.24) is 9.13 Å². The standard InChI is InChI=1S/C51H32N2OS2/c1-51(2)39-27-44-37(25-34(39)35-26-49-50(28-40(35)51)56-48-18-10-9-17-47(48)55-49)32-12-4-7-15-42(32)53(44)29-19-21-43-36(23-29)31-11-3-6-14-41(31)52(43)30-20-22-46-38(24-30)33-13-5-8-16-45(33)54-46/h3-28H,1-2H3. The maximum atomic E-state index is 6.21. The number of fused-ring (bicyclic) bond motifs is 14. The van der Waals surface area contributed by atoms with Gasteiger partial charge in [0, 0.05) is 68.7 Å². The summed E-state index contributed by atoms with van der Waals surface area (Å²) in [6.45, 7) is 4.81. The lowest BCUT2D eigenvalue weighted by molar-refractivity contribution is 0.658. The molecular formula is C51H32N2OS2. The normalized spacial score (nSPS) is 14.2. The Hall–Kier alpha value is -6.14. The Labute approximate surface area is 331 Å². The highest BCUT2D eigenvalue weighted by molar-refractivity contribution is 8.05. The number of benzene rings is 8. The third-order valence-electron chi connectivity index (χ3n) is 12.4. The molecule has 0 atom stereocenters. The molecule has 0 amide bonds. The smallest absolute Gasteiger partial charge is 0.135 e. The first kappa shape index (κ1) is 31.1. The van der Waals surface area contributed by atoms with Crippen LogP contribution in [0.2, 0.25) is 0 Å². The van der Waals surface area contributed by atoms with Crippen LogP contribution in [0.25, 0.3) is 88.1 Å². The molecular weight excluding hydrogens is 721 g/mol.